The molecule has 0 atom stereocenters. The summed E-state index contributed by atoms with van der Waals surface area (Å²) in [6, 6.07) is 11.8. The highest BCUT2D eigenvalue weighted by atomic mass is 15.1. The fourth-order valence-electron chi connectivity index (χ4n) is 1.55. The lowest BCUT2D eigenvalue weighted by Crippen LogP contribution is -2.04. The second-order valence-corrected chi connectivity index (χ2v) is 3.74. The molecule has 17 heavy (non-hydrogen) atoms. The maximum atomic E-state index is 4.39. The summed E-state index contributed by atoms with van der Waals surface area (Å²) in [5.74, 6) is 1.46. The van der Waals surface area contributed by atoms with Crippen LogP contribution in [0.2, 0.25) is 0 Å². The van der Waals surface area contributed by atoms with Gasteiger partial charge in [-0.1, -0.05) is 18.2 Å². The third kappa shape index (κ3) is 3.17. The monoisotopic (exact) mass is 228 g/mol. The fraction of sp³-hybridized carbons (Fsp3) is 0.231. The molecule has 1 heterocycles. The first-order valence-corrected chi connectivity index (χ1v) is 5.69. The lowest BCUT2D eigenvalue weighted by atomic mass is 10.3. The van der Waals surface area contributed by atoms with Gasteiger partial charge in [0.15, 0.2) is 0 Å². The number of benzene rings is 1. The van der Waals surface area contributed by atoms with Gasteiger partial charge in [-0.25, -0.2) is 4.98 Å². The Hall–Kier alpha value is -2.10. The Morgan fingerprint density at radius 1 is 1.12 bits per heavy atom. The van der Waals surface area contributed by atoms with Gasteiger partial charge in [0.2, 0.25) is 5.95 Å². The third-order valence-corrected chi connectivity index (χ3v) is 2.24. The maximum Gasteiger partial charge on any atom is 0.229 e. The highest BCUT2D eigenvalue weighted by molar-refractivity contribution is 5.54. The summed E-state index contributed by atoms with van der Waals surface area (Å²) in [5.41, 5.74) is 1.93. The molecule has 0 saturated heterocycles. The molecule has 0 radical (unpaired) electrons. The Morgan fingerprint density at radius 3 is 2.59 bits per heavy atom. The van der Waals surface area contributed by atoms with Crippen LogP contribution in [-0.2, 0) is 0 Å². The van der Waals surface area contributed by atoms with Crippen molar-refractivity contribution in [1.29, 1.82) is 0 Å². The number of anilines is 3. The van der Waals surface area contributed by atoms with Gasteiger partial charge in [0.25, 0.3) is 0 Å². The van der Waals surface area contributed by atoms with Gasteiger partial charge in [0.1, 0.15) is 5.82 Å². The van der Waals surface area contributed by atoms with Crippen LogP contribution >= 0.6 is 0 Å². The third-order valence-electron chi connectivity index (χ3n) is 2.24. The highest BCUT2D eigenvalue weighted by Crippen LogP contribution is 2.14. The summed E-state index contributed by atoms with van der Waals surface area (Å²) in [4.78, 5) is 8.73. The molecule has 2 rings (SSSR count). The largest absolute Gasteiger partial charge is 0.370 e. The Labute approximate surface area is 101 Å². The van der Waals surface area contributed by atoms with E-state index < -0.39 is 0 Å². The molecular formula is C13H16N4. The minimum atomic E-state index is 0.618. The smallest absolute Gasteiger partial charge is 0.229 e. The number of para-hydroxylation sites is 1. The van der Waals surface area contributed by atoms with Crippen molar-refractivity contribution < 1.29 is 0 Å². The fourth-order valence-corrected chi connectivity index (χ4v) is 1.55. The quantitative estimate of drug-likeness (QED) is 0.844. The molecule has 0 aliphatic rings. The molecule has 4 nitrogen and oxygen atoms in total. The van der Waals surface area contributed by atoms with Crippen molar-refractivity contribution in [2.24, 2.45) is 0 Å². The topological polar surface area (TPSA) is 49.8 Å². The molecule has 2 aromatic rings. The van der Waals surface area contributed by atoms with E-state index in [0.29, 0.717) is 5.95 Å². The number of rotatable bonds is 4. The average molecular weight is 228 g/mol. The van der Waals surface area contributed by atoms with Crippen LogP contribution in [0.4, 0.5) is 17.5 Å². The van der Waals surface area contributed by atoms with Gasteiger partial charge < -0.3 is 10.6 Å². The number of nitrogens with one attached hydrogen (secondary N) is 2. The minimum Gasteiger partial charge on any atom is -0.370 e. The molecule has 0 aliphatic carbocycles. The Morgan fingerprint density at radius 2 is 1.88 bits per heavy atom. The molecule has 0 saturated carbocycles. The number of aryl methyl sites for hydroxylation is 1. The van der Waals surface area contributed by atoms with Gasteiger partial charge in [0, 0.05) is 24.0 Å². The van der Waals surface area contributed by atoms with E-state index in [9.17, 15) is 0 Å². The van der Waals surface area contributed by atoms with E-state index in [1.54, 1.807) is 0 Å². The Kier molecular flexibility index (Phi) is 3.55. The van der Waals surface area contributed by atoms with Crippen molar-refractivity contribution in [2.75, 3.05) is 17.2 Å². The zero-order valence-electron chi connectivity index (χ0n) is 10.1. The van der Waals surface area contributed by atoms with Crippen LogP contribution in [-0.4, -0.2) is 16.5 Å². The maximum absolute atomic E-state index is 4.39. The molecule has 4 heteroatoms. The van der Waals surface area contributed by atoms with Crippen molar-refractivity contribution in [3.05, 3.63) is 42.1 Å². The SMILES string of the molecule is CCNc1cc(C)nc(Nc2ccccc2)n1. The molecule has 1 aromatic carbocycles. The normalized spacial score (nSPS) is 10.0. The van der Waals surface area contributed by atoms with Crippen molar-refractivity contribution in [3.63, 3.8) is 0 Å². The van der Waals surface area contributed by atoms with Crippen LogP contribution in [0, 0.1) is 6.92 Å². The van der Waals surface area contributed by atoms with E-state index in [-0.39, 0.29) is 0 Å². The number of hydrogen-bond acceptors (Lipinski definition) is 4. The molecule has 0 bridgehead atoms. The van der Waals surface area contributed by atoms with E-state index in [1.165, 1.54) is 0 Å². The zero-order chi connectivity index (χ0) is 12.1. The number of hydrogen-bond donors (Lipinski definition) is 2. The summed E-state index contributed by atoms with van der Waals surface area (Å²) in [5, 5.41) is 6.36. The average Bonchev–Trinajstić information content (AvgIpc) is 2.30. The van der Waals surface area contributed by atoms with Crippen molar-refractivity contribution >= 4 is 17.5 Å². The van der Waals surface area contributed by atoms with Gasteiger partial charge in [-0.2, -0.15) is 4.98 Å². The molecule has 2 N–H and O–H groups in total. The summed E-state index contributed by atoms with van der Waals surface area (Å²) >= 11 is 0. The molecule has 0 fully saturated rings. The molecule has 1 aromatic heterocycles. The Balaban J connectivity index is 2.21. The molecule has 0 spiro atoms. The van der Waals surface area contributed by atoms with E-state index >= 15 is 0 Å². The number of aromatic nitrogens is 2. The first-order valence-electron chi connectivity index (χ1n) is 5.69. The predicted octanol–water partition coefficient (Wildman–Crippen LogP) is 2.96. The predicted molar refractivity (Wildman–Crippen MR) is 70.7 cm³/mol. The molecular weight excluding hydrogens is 212 g/mol. The second kappa shape index (κ2) is 5.30. The van der Waals surface area contributed by atoms with Gasteiger partial charge in [-0.05, 0) is 26.0 Å². The summed E-state index contributed by atoms with van der Waals surface area (Å²) < 4.78 is 0. The van der Waals surface area contributed by atoms with Crippen LogP contribution < -0.4 is 10.6 Å². The van der Waals surface area contributed by atoms with Gasteiger partial charge in [-0.15, -0.1) is 0 Å². The van der Waals surface area contributed by atoms with Crippen LogP contribution in [0.3, 0.4) is 0 Å². The zero-order valence-corrected chi connectivity index (χ0v) is 10.1. The van der Waals surface area contributed by atoms with E-state index in [4.69, 9.17) is 0 Å². The van der Waals surface area contributed by atoms with E-state index in [0.717, 1.165) is 23.7 Å². The van der Waals surface area contributed by atoms with Crippen LogP contribution in [0.5, 0.6) is 0 Å². The van der Waals surface area contributed by atoms with Crippen molar-refractivity contribution in [1.82, 2.24) is 9.97 Å². The number of nitrogens with zero attached hydrogens (tertiary/aromatic N) is 2. The van der Waals surface area contributed by atoms with E-state index in [1.807, 2.05) is 50.2 Å². The first kappa shape index (κ1) is 11.4. The van der Waals surface area contributed by atoms with Gasteiger partial charge in [0.05, 0.1) is 0 Å². The lowest BCUT2D eigenvalue weighted by Gasteiger charge is -2.08. The summed E-state index contributed by atoms with van der Waals surface area (Å²) in [6.07, 6.45) is 0. The highest BCUT2D eigenvalue weighted by Gasteiger charge is 2.01. The van der Waals surface area contributed by atoms with Crippen molar-refractivity contribution in [2.45, 2.75) is 13.8 Å². The van der Waals surface area contributed by atoms with Gasteiger partial charge in [-0.3, -0.25) is 0 Å². The standard InChI is InChI=1S/C13H16N4/c1-3-14-12-9-10(2)15-13(17-12)16-11-7-5-4-6-8-11/h4-9H,3H2,1-2H3,(H2,14,15,16,17). The second-order valence-electron chi connectivity index (χ2n) is 3.74. The molecule has 88 valence electrons. The minimum absolute atomic E-state index is 0.618. The first-order chi connectivity index (χ1) is 8.28. The summed E-state index contributed by atoms with van der Waals surface area (Å²) in [7, 11) is 0. The van der Waals surface area contributed by atoms with E-state index in [2.05, 4.69) is 20.6 Å². The molecule has 0 amide bonds. The van der Waals surface area contributed by atoms with Crippen LogP contribution in [0.15, 0.2) is 36.4 Å². The summed E-state index contributed by atoms with van der Waals surface area (Å²) in [6.45, 7) is 4.85. The van der Waals surface area contributed by atoms with Crippen LogP contribution in [0.25, 0.3) is 0 Å². The lowest BCUT2D eigenvalue weighted by molar-refractivity contribution is 1.08. The Bertz CT molecular complexity index is 482. The molecule has 0 unspecified atom stereocenters. The van der Waals surface area contributed by atoms with Crippen molar-refractivity contribution in [3.8, 4) is 0 Å². The van der Waals surface area contributed by atoms with Gasteiger partial charge >= 0.3 is 0 Å². The molecule has 0 aliphatic heterocycles. The van der Waals surface area contributed by atoms with Crippen LogP contribution in [0.1, 0.15) is 12.6 Å².